The number of benzene rings is 5. The third kappa shape index (κ3) is 10.6. The maximum atomic E-state index is 14.8. The summed E-state index contributed by atoms with van der Waals surface area (Å²) in [4.78, 5) is 19.1. The van der Waals surface area contributed by atoms with Gasteiger partial charge in [0.1, 0.15) is 11.5 Å². The van der Waals surface area contributed by atoms with Crippen molar-refractivity contribution < 1.29 is 34.7 Å². The number of aliphatic hydroxyl groups is 1. The van der Waals surface area contributed by atoms with Crippen LogP contribution in [0, 0.1) is 5.92 Å². The molecule has 5 aromatic carbocycles. The first-order chi connectivity index (χ1) is 29.6. The molecule has 3 atom stereocenters. The lowest BCUT2D eigenvalue weighted by Crippen LogP contribution is -2.30. The lowest BCUT2D eigenvalue weighted by atomic mass is 9.80. The van der Waals surface area contributed by atoms with Crippen molar-refractivity contribution in [1.82, 2.24) is 10.3 Å². The number of ether oxygens (including phenoxy) is 2. The number of aromatic nitrogens is 1. The number of methoxy groups -OCH3 is 1. The maximum absolute atomic E-state index is 14.8. The molecule has 0 radical (unpaired) electrons. The Morgan fingerprint density at radius 2 is 1.61 bits per heavy atom. The fourth-order valence-corrected chi connectivity index (χ4v) is 9.26. The van der Waals surface area contributed by atoms with Crippen LogP contribution in [0.15, 0.2) is 103 Å². The molecule has 3 unspecified atom stereocenters. The number of phenols is 3. The number of hydrogen-bond acceptors (Lipinski definition) is 8. The van der Waals surface area contributed by atoms with Crippen LogP contribution in [0.2, 0.25) is 0 Å². The van der Waals surface area contributed by atoms with Gasteiger partial charge in [-0.25, -0.2) is 0 Å². The summed E-state index contributed by atoms with van der Waals surface area (Å²) in [7, 11) is 3.39. The number of nitrogens with zero attached hydrogens (tertiary/aromatic N) is 1. The molecule has 0 bridgehead atoms. The summed E-state index contributed by atoms with van der Waals surface area (Å²) in [5, 5.41) is 50.5. The molecule has 1 aliphatic carbocycles. The second-order valence-corrected chi connectivity index (χ2v) is 16.7. The van der Waals surface area contributed by atoms with Gasteiger partial charge in [-0.3, -0.25) is 4.79 Å². The monoisotopic (exact) mass is 823 g/mol. The molecule has 9 heteroatoms. The molecule has 61 heavy (non-hydrogen) atoms. The average Bonchev–Trinajstić information content (AvgIpc) is 3.78. The predicted molar refractivity (Wildman–Crippen MR) is 240 cm³/mol. The molecule has 5 N–H and O–H groups in total. The van der Waals surface area contributed by atoms with Gasteiger partial charge < -0.3 is 40.2 Å². The Hall–Kier alpha value is -5.77. The van der Waals surface area contributed by atoms with Crippen LogP contribution in [0.4, 0.5) is 0 Å². The Morgan fingerprint density at radius 1 is 0.820 bits per heavy atom. The summed E-state index contributed by atoms with van der Waals surface area (Å²) in [6.07, 6.45) is 10.1. The summed E-state index contributed by atoms with van der Waals surface area (Å²) in [6, 6.07) is 28.6. The van der Waals surface area contributed by atoms with E-state index >= 15 is 0 Å². The third-order valence-corrected chi connectivity index (χ3v) is 12.4. The second-order valence-electron chi connectivity index (χ2n) is 16.7. The number of Topliss-reactive ketones (excluding diaryl/α,β-unsaturated/α-hetero) is 1. The van der Waals surface area contributed by atoms with Crippen molar-refractivity contribution in [3.8, 4) is 28.7 Å². The number of carbonyl (C=O) groups is 1. The minimum absolute atomic E-state index is 0.0296. The van der Waals surface area contributed by atoms with Crippen LogP contribution in [-0.4, -0.2) is 52.6 Å². The van der Waals surface area contributed by atoms with E-state index in [1.165, 1.54) is 12.0 Å². The van der Waals surface area contributed by atoms with Crippen molar-refractivity contribution in [3.05, 3.63) is 148 Å². The molecular formula is C52H59N2O7-. The molecule has 7 rings (SSSR count). The van der Waals surface area contributed by atoms with Crippen LogP contribution in [0.5, 0.6) is 28.7 Å². The van der Waals surface area contributed by atoms with Crippen LogP contribution >= 0.6 is 0 Å². The van der Waals surface area contributed by atoms with Gasteiger partial charge >= 0.3 is 0 Å². The Balaban J connectivity index is 1.22. The number of aryl methyl sites for hydroxylation is 1. The van der Waals surface area contributed by atoms with E-state index < -0.39 is 17.9 Å². The molecule has 0 aliphatic heterocycles. The van der Waals surface area contributed by atoms with Gasteiger partial charge in [0.15, 0.2) is 23.0 Å². The van der Waals surface area contributed by atoms with E-state index in [0.717, 1.165) is 76.3 Å². The van der Waals surface area contributed by atoms with Crippen molar-refractivity contribution in [2.45, 2.75) is 102 Å². The molecule has 1 aliphatic rings. The van der Waals surface area contributed by atoms with Crippen molar-refractivity contribution in [3.63, 3.8) is 0 Å². The zero-order valence-corrected chi connectivity index (χ0v) is 35.6. The fraction of sp³-hybridized carbons (Fsp3) is 0.365. The number of fused-ring (bicyclic) bond motifs is 1. The summed E-state index contributed by atoms with van der Waals surface area (Å²) < 4.78 is 12.2. The fourth-order valence-electron chi connectivity index (χ4n) is 9.26. The van der Waals surface area contributed by atoms with Gasteiger partial charge in [-0.05, 0) is 139 Å². The summed E-state index contributed by atoms with van der Waals surface area (Å²) in [5.74, 6) is -0.339. The number of hydrogen-bond donors (Lipinski definition) is 5. The van der Waals surface area contributed by atoms with E-state index in [4.69, 9.17) is 9.47 Å². The van der Waals surface area contributed by atoms with E-state index in [-0.39, 0.29) is 42.0 Å². The van der Waals surface area contributed by atoms with Gasteiger partial charge in [0.2, 0.25) is 0 Å². The first kappa shape index (κ1) is 43.3. The van der Waals surface area contributed by atoms with E-state index in [1.807, 2.05) is 49.5 Å². The Kier molecular flexibility index (Phi) is 14.3. The first-order valence-corrected chi connectivity index (χ1v) is 21.7. The second kappa shape index (κ2) is 20.2. The summed E-state index contributed by atoms with van der Waals surface area (Å²) in [5.41, 5.74) is 7.34. The van der Waals surface area contributed by atoms with E-state index in [1.54, 1.807) is 43.8 Å². The van der Waals surface area contributed by atoms with E-state index in [9.17, 15) is 25.2 Å². The largest absolute Gasteiger partial charge is 0.670 e. The van der Waals surface area contributed by atoms with Crippen molar-refractivity contribution in [2.24, 2.45) is 5.92 Å². The average molecular weight is 824 g/mol. The SMILES string of the molecule is CCc1ccc2ccccc2c1Cc1c(CC(Cc2cc[n-]c2)C(O)CC(=O)C(Cc2ccc(O)c(OC3CCCCC3)c2)c2cc(O)cc(CNC)c2)ccc(O)c1OC. The number of carbonyl (C=O) groups excluding carboxylic acids is 1. The molecule has 0 saturated heterocycles. The minimum Gasteiger partial charge on any atom is -0.670 e. The standard InChI is InChI=1S/C52H59N2O7/c1-4-36-15-16-37-10-8-9-13-43(37)44(36)29-46-38(17-19-48(57)52(46)60-3)27-40(22-34-20-21-54-32-34)49(58)30-50(59)45(39-23-35(31-53-2)24-41(55)28-39)25-33-14-18-47(56)51(26-33)61-42-11-6-5-7-12-42/h8-10,13-21,23-24,26,28,32,40,42,45,49,53,55-58H,4-7,11-12,22,25,27,29-31H2,1-3H3/q-1. The Morgan fingerprint density at radius 3 is 2.36 bits per heavy atom. The van der Waals surface area contributed by atoms with Crippen LogP contribution < -0.4 is 19.8 Å². The highest BCUT2D eigenvalue weighted by Gasteiger charge is 2.30. The number of ketones is 1. The van der Waals surface area contributed by atoms with Gasteiger partial charge in [-0.2, -0.15) is 12.4 Å². The normalized spacial score (nSPS) is 14.8. The Bertz CT molecular complexity index is 2400. The van der Waals surface area contributed by atoms with E-state index in [0.29, 0.717) is 42.9 Å². The maximum Gasteiger partial charge on any atom is 0.164 e. The molecule has 9 nitrogen and oxygen atoms in total. The molecule has 6 aromatic rings. The zero-order valence-electron chi connectivity index (χ0n) is 35.6. The smallest absolute Gasteiger partial charge is 0.164 e. The molecule has 1 saturated carbocycles. The minimum atomic E-state index is -1.06. The topological polar surface area (TPSA) is 143 Å². The van der Waals surface area contributed by atoms with E-state index in [2.05, 4.69) is 41.5 Å². The molecule has 0 amide bonds. The van der Waals surface area contributed by atoms with Crippen molar-refractivity contribution in [1.29, 1.82) is 0 Å². The number of rotatable bonds is 19. The van der Waals surface area contributed by atoms with Crippen LogP contribution in [0.1, 0.15) is 95.9 Å². The highest BCUT2D eigenvalue weighted by atomic mass is 16.5. The number of aliphatic hydroxyl groups excluding tert-OH is 1. The quantitative estimate of drug-likeness (QED) is 0.0541. The predicted octanol–water partition coefficient (Wildman–Crippen LogP) is 9.25. The highest BCUT2D eigenvalue weighted by molar-refractivity contribution is 5.88. The van der Waals surface area contributed by atoms with Crippen LogP contribution in [0.3, 0.4) is 0 Å². The van der Waals surface area contributed by atoms with Gasteiger partial charge in [0.05, 0.1) is 19.3 Å². The first-order valence-electron chi connectivity index (χ1n) is 21.7. The van der Waals surface area contributed by atoms with Gasteiger partial charge in [-0.1, -0.05) is 79.6 Å². The van der Waals surface area contributed by atoms with Gasteiger partial charge in [-0.15, -0.1) is 0 Å². The molecule has 0 spiro atoms. The van der Waals surface area contributed by atoms with Crippen LogP contribution in [0.25, 0.3) is 10.8 Å². The number of aromatic hydroxyl groups is 3. The summed E-state index contributed by atoms with van der Waals surface area (Å²) in [6.45, 7) is 2.64. The number of phenolic OH excluding ortho intramolecular Hbond substituents is 3. The van der Waals surface area contributed by atoms with Gasteiger partial charge in [0, 0.05) is 30.9 Å². The molecule has 1 heterocycles. The lowest BCUT2D eigenvalue weighted by Gasteiger charge is -2.27. The molecular weight excluding hydrogens is 765 g/mol. The van der Waals surface area contributed by atoms with Gasteiger partial charge in [0.25, 0.3) is 0 Å². The van der Waals surface area contributed by atoms with Crippen molar-refractivity contribution >= 4 is 16.6 Å². The molecule has 320 valence electrons. The Labute approximate surface area is 359 Å². The third-order valence-electron chi connectivity index (χ3n) is 12.4. The van der Waals surface area contributed by atoms with Crippen molar-refractivity contribution in [2.75, 3.05) is 14.2 Å². The zero-order chi connectivity index (χ0) is 42.9. The molecule has 1 fully saturated rings. The summed E-state index contributed by atoms with van der Waals surface area (Å²) >= 11 is 0. The number of nitrogens with one attached hydrogen (secondary N) is 1. The highest BCUT2D eigenvalue weighted by Crippen LogP contribution is 2.39. The molecule has 1 aromatic heterocycles. The lowest BCUT2D eigenvalue weighted by molar-refractivity contribution is -0.123. The van der Waals surface area contributed by atoms with Crippen LogP contribution in [-0.2, 0) is 43.4 Å².